The van der Waals surface area contributed by atoms with Crippen molar-refractivity contribution in [2.45, 2.75) is 19.8 Å². The molecule has 0 N–H and O–H groups in total. The largest absolute Gasteiger partial charge is 0.144 e. The second-order valence-electron chi connectivity index (χ2n) is 1.02. The molecule has 0 heterocycles. The quantitative estimate of drug-likeness (QED) is 0.426. The van der Waals surface area contributed by atoms with Crippen molar-refractivity contribution in [2.75, 3.05) is 0 Å². The number of rotatable bonds is 1. The van der Waals surface area contributed by atoms with Crippen LogP contribution in [0.5, 0.6) is 0 Å². The standard InChI is InChI=1S/C5H7F/c1-2-3-4-5-6/h2-3H2,1H3. The van der Waals surface area contributed by atoms with Gasteiger partial charge in [0.2, 0.25) is 0 Å². The fraction of sp³-hybridized carbons (Fsp3) is 0.600. The molecule has 0 aromatic carbocycles. The van der Waals surface area contributed by atoms with Crippen molar-refractivity contribution in [1.29, 1.82) is 0 Å². The van der Waals surface area contributed by atoms with E-state index in [0.29, 0.717) is 6.42 Å². The molecule has 0 spiro atoms. The molecule has 0 aliphatic heterocycles. The Morgan fingerprint density at radius 3 is 2.50 bits per heavy atom. The SMILES string of the molecule is CCCC#CF. The molecule has 0 fully saturated rings. The van der Waals surface area contributed by atoms with Gasteiger partial charge in [0.1, 0.15) is 6.17 Å². The zero-order chi connectivity index (χ0) is 4.83. The van der Waals surface area contributed by atoms with Gasteiger partial charge in [-0.1, -0.05) is 12.8 Å². The van der Waals surface area contributed by atoms with Crippen LogP contribution in [0.15, 0.2) is 0 Å². The molecule has 0 unspecified atom stereocenters. The van der Waals surface area contributed by atoms with Crippen molar-refractivity contribution < 1.29 is 4.39 Å². The Morgan fingerprint density at radius 2 is 2.33 bits per heavy atom. The summed E-state index contributed by atoms with van der Waals surface area (Å²) in [5.74, 6) is 2.28. The smallest absolute Gasteiger partial charge is 0.105 e. The fourth-order valence-corrected chi connectivity index (χ4v) is 0.172. The number of unbranched alkanes of at least 4 members (excludes halogenated alkanes) is 1. The van der Waals surface area contributed by atoms with E-state index in [4.69, 9.17) is 0 Å². The first-order chi connectivity index (χ1) is 2.91. The average Bonchev–Trinajstić information content (AvgIpc) is 1.61. The molecule has 0 rings (SSSR count). The minimum atomic E-state index is 0.677. The van der Waals surface area contributed by atoms with Gasteiger partial charge >= 0.3 is 0 Å². The molecule has 6 heavy (non-hydrogen) atoms. The van der Waals surface area contributed by atoms with Crippen LogP contribution in [0.4, 0.5) is 4.39 Å². The summed E-state index contributed by atoms with van der Waals surface area (Å²) in [6.07, 6.45) is 2.94. The summed E-state index contributed by atoms with van der Waals surface area (Å²) in [7, 11) is 0. The van der Waals surface area contributed by atoms with E-state index in [-0.39, 0.29) is 0 Å². The first-order valence-corrected chi connectivity index (χ1v) is 2.00. The van der Waals surface area contributed by atoms with E-state index in [2.05, 4.69) is 5.92 Å². The van der Waals surface area contributed by atoms with E-state index in [1.165, 1.54) is 6.17 Å². The van der Waals surface area contributed by atoms with Crippen LogP contribution in [0.3, 0.4) is 0 Å². The molecule has 0 amide bonds. The van der Waals surface area contributed by atoms with Gasteiger partial charge in [-0.3, -0.25) is 0 Å². The third-order valence-corrected chi connectivity index (χ3v) is 0.442. The summed E-state index contributed by atoms with van der Waals surface area (Å²) in [6.45, 7) is 1.96. The molecule has 0 bridgehead atoms. The topological polar surface area (TPSA) is 0 Å². The number of hydrogen-bond acceptors (Lipinski definition) is 0. The Labute approximate surface area is 37.4 Å². The Morgan fingerprint density at radius 1 is 1.67 bits per heavy atom. The molecule has 0 aliphatic carbocycles. The summed E-state index contributed by atoms with van der Waals surface area (Å²) in [4.78, 5) is 0. The van der Waals surface area contributed by atoms with Gasteiger partial charge in [0.15, 0.2) is 0 Å². The maximum absolute atomic E-state index is 10.8. The molecular formula is C5H7F. The average molecular weight is 86.1 g/mol. The Balaban J connectivity index is 2.79. The molecule has 34 valence electrons. The highest BCUT2D eigenvalue weighted by Crippen LogP contribution is 1.79. The van der Waals surface area contributed by atoms with Crippen LogP contribution in [0, 0.1) is 12.1 Å². The molecule has 0 aromatic rings. The lowest BCUT2D eigenvalue weighted by Gasteiger charge is -1.70. The van der Waals surface area contributed by atoms with Crippen molar-refractivity contribution in [1.82, 2.24) is 0 Å². The van der Waals surface area contributed by atoms with Crippen LogP contribution in [-0.2, 0) is 0 Å². The minimum Gasteiger partial charge on any atom is -0.144 e. The van der Waals surface area contributed by atoms with Gasteiger partial charge < -0.3 is 0 Å². The van der Waals surface area contributed by atoms with Crippen molar-refractivity contribution in [3.05, 3.63) is 0 Å². The molecule has 0 saturated heterocycles. The van der Waals surface area contributed by atoms with E-state index >= 15 is 0 Å². The van der Waals surface area contributed by atoms with Crippen LogP contribution in [0.1, 0.15) is 19.8 Å². The first-order valence-electron chi connectivity index (χ1n) is 2.00. The summed E-state index contributed by atoms with van der Waals surface area (Å²) < 4.78 is 10.8. The van der Waals surface area contributed by atoms with Crippen LogP contribution in [0.25, 0.3) is 0 Å². The van der Waals surface area contributed by atoms with Gasteiger partial charge in [-0.15, -0.1) is 4.39 Å². The second-order valence-corrected chi connectivity index (χ2v) is 1.02. The van der Waals surface area contributed by atoms with Gasteiger partial charge in [-0.25, -0.2) is 0 Å². The number of hydrogen-bond donors (Lipinski definition) is 0. The van der Waals surface area contributed by atoms with Crippen molar-refractivity contribution in [3.63, 3.8) is 0 Å². The number of halogens is 1. The van der Waals surface area contributed by atoms with Gasteiger partial charge in [0.05, 0.1) is 0 Å². The van der Waals surface area contributed by atoms with E-state index in [1.54, 1.807) is 0 Å². The van der Waals surface area contributed by atoms with Gasteiger partial charge in [-0.05, 0) is 6.42 Å². The molecule has 0 radical (unpaired) electrons. The first kappa shape index (κ1) is 5.49. The van der Waals surface area contributed by atoms with Gasteiger partial charge in [0.25, 0.3) is 0 Å². The molecule has 0 atom stereocenters. The predicted octanol–water partition coefficient (Wildman–Crippen LogP) is 1.72. The van der Waals surface area contributed by atoms with E-state index in [0.717, 1.165) is 6.42 Å². The lowest BCUT2D eigenvalue weighted by atomic mass is 10.4. The molecular weight excluding hydrogens is 79.1 g/mol. The Hall–Kier alpha value is -0.510. The van der Waals surface area contributed by atoms with Crippen LogP contribution in [0.2, 0.25) is 0 Å². The van der Waals surface area contributed by atoms with E-state index < -0.39 is 0 Å². The zero-order valence-electron chi connectivity index (χ0n) is 3.79. The third-order valence-electron chi connectivity index (χ3n) is 0.442. The highest BCUT2D eigenvalue weighted by atomic mass is 19.1. The molecule has 0 aliphatic rings. The summed E-state index contributed by atoms with van der Waals surface area (Å²) in [6, 6.07) is 0. The highest BCUT2D eigenvalue weighted by molar-refractivity contribution is 4.88. The van der Waals surface area contributed by atoms with Crippen LogP contribution >= 0.6 is 0 Å². The van der Waals surface area contributed by atoms with Crippen LogP contribution < -0.4 is 0 Å². The maximum Gasteiger partial charge on any atom is 0.105 e. The van der Waals surface area contributed by atoms with Gasteiger partial charge in [0, 0.05) is 6.42 Å². The fourth-order valence-electron chi connectivity index (χ4n) is 0.172. The minimum absolute atomic E-state index is 0.677. The Bertz CT molecular complexity index is 65.7. The summed E-state index contributed by atoms with van der Waals surface area (Å²) in [5.41, 5.74) is 0. The summed E-state index contributed by atoms with van der Waals surface area (Å²) >= 11 is 0. The summed E-state index contributed by atoms with van der Waals surface area (Å²) in [5, 5.41) is 0. The second kappa shape index (κ2) is 4.49. The Kier molecular flexibility index (Phi) is 4.11. The van der Waals surface area contributed by atoms with Crippen molar-refractivity contribution >= 4 is 0 Å². The van der Waals surface area contributed by atoms with Gasteiger partial charge in [-0.2, -0.15) is 0 Å². The maximum atomic E-state index is 10.8. The van der Waals surface area contributed by atoms with Crippen LogP contribution in [-0.4, -0.2) is 0 Å². The lowest BCUT2D eigenvalue weighted by molar-refractivity contribution is 0.769. The molecule has 0 aromatic heterocycles. The van der Waals surface area contributed by atoms with Crippen molar-refractivity contribution in [2.24, 2.45) is 0 Å². The zero-order valence-corrected chi connectivity index (χ0v) is 3.79. The highest BCUT2D eigenvalue weighted by Gasteiger charge is 1.65. The normalized spacial score (nSPS) is 6.33. The van der Waals surface area contributed by atoms with Crippen molar-refractivity contribution in [3.8, 4) is 12.1 Å². The van der Waals surface area contributed by atoms with E-state index in [1.807, 2.05) is 6.92 Å². The third kappa shape index (κ3) is 3.49. The molecule has 0 saturated carbocycles. The van der Waals surface area contributed by atoms with E-state index in [9.17, 15) is 4.39 Å². The monoisotopic (exact) mass is 86.1 g/mol. The molecule has 1 heteroatoms. The lowest BCUT2D eigenvalue weighted by Crippen LogP contribution is -1.56. The molecule has 0 nitrogen and oxygen atoms in total. The predicted molar refractivity (Wildman–Crippen MR) is 23.8 cm³/mol.